The molecular formula is C19H18N4O4S. The van der Waals surface area contributed by atoms with Crippen LogP contribution in [-0.2, 0) is 27.3 Å². The molecule has 1 aliphatic rings. The Bertz CT molecular complexity index is 934. The minimum Gasteiger partial charge on any atom is -0.497 e. The van der Waals surface area contributed by atoms with E-state index in [1.165, 1.54) is 23.6 Å². The highest BCUT2D eigenvalue weighted by Gasteiger charge is 2.25. The van der Waals surface area contributed by atoms with Crippen LogP contribution in [0.1, 0.15) is 11.3 Å². The van der Waals surface area contributed by atoms with Crippen molar-refractivity contribution >= 4 is 40.4 Å². The van der Waals surface area contributed by atoms with Crippen LogP contribution in [0.4, 0.5) is 5.13 Å². The van der Waals surface area contributed by atoms with E-state index in [9.17, 15) is 14.4 Å². The molecule has 0 fully saturated rings. The van der Waals surface area contributed by atoms with Crippen molar-refractivity contribution in [3.8, 4) is 5.75 Å². The number of nitrogens with one attached hydrogen (secondary N) is 2. The zero-order chi connectivity index (χ0) is 19.9. The summed E-state index contributed by atoms with van der Waals surface area (Å²) in [6.45, 7) is 0.396. The Labute approximate surface area is 165 Å². The van der Waals surface area contributed by atoms with E-state index in [-0.39, 0.29) is 12.3 Å². The minimum absolute atomic E-state index is 0.0923. The van der Waals surface area contributed by atoms with Crippen LogP contribution in [0.3, 0.4) is 0 Å². The number of hydrogen-bond donors (Lipinski definition) is 2. The highest BCUT2D eigenvalue weighted by atomic mass is 32.1. The normalized spacial score (nSPS) is 15.3. The molecule has 2 aromatic rings. The van der Waals surface area contributed by atoms with E-state index in [0.29, 0.717) is 17.4 Å². The van der Waals surface area contributed by atoms with Crippen LogP contribution in [0.15, 0.2) is 46.8 Å². The summed E-state index contributed by atoms with van der Waals surface area (Å²) in [7, 11) is 1.60. The highest BCUT2D eigenvalue weighted by Crippen LogP contribution is 2.18. The molecule has 3 rings (SSSR count). The van der Waals surface area contributed by atoms with Crippen LogP contribution in [0.2, 0.25) is 0 Å². The number of allylic oxidation sites excluding steroid dienone is 1. The second-order valence-corrected chi connectivity index (χ2v) is 6.77. The first-order valence-electron chi connectivity index (χ1n) is 8.45. The SMILES string of the molecule is COc1ccc(CNC(=O)Cc2csc(NC(=O)C3C=CC=NC3=O)n2)cc1. The van der Waals surface area contributed by atoms with E-state index in [4.69, 9.17) is 4.74 Å². The lowest BCUT2D eigenvalue weighted by Crippen LogP contribution is -2.28. The lowest BCUT2D eigenvalue weighted by molar-refractivity contribution is -0.128. The molecule has 3 amide bonds. The third-order valence-corrected chi connectivity index (χ3v) is 4.72. The van der Waals surface area contributed by atoms with Crippen LogP contribution in [-0.4, -0.2) is 36.0 Å². The summed E-state index contributed by atoms with van der Waals surface area (Å²) in [6, 6.07) is 7.41. The Morgan fingerprint density at radius 2 is 2.04 bits per heavy atom. The van der Waals surface area contributed by atoms with Gasteiger partial charge in [0.05, 0.1) is 19.2 Å². The van der Waals surface area contributed by atoms with Crippen LogP contribution < -0.4 is 15.4 Å². The summed E-state index contributed by atoms with van der Waals surface area (Å²) < 4.78 is 5.09. The molecule has 2 heterocycles. The summed E-state index contributed by atoms with van der Waals surface area (Å²) in [4.78, 5) is 43.7. The number of ether oxygens (including phenoxy) is 1. The van der Waals surface area contributed by atoms with Gasteiger partial charge in [-0.3, -0.25) is 14.4 Å². The van der Waals surface area contributed by atoms with E-state index in [2.05, 4.69) is 20.6 Å². The number of nitrogens with zero attached hydrogens (tertiary/aromatic N) is 2. The Kier molecular flexibility index (Phi) is 6.28. The van der Waals surface area contributed by atoms with E-state index in [1.807, 2.05) is 24.3 Å². The third-order valence-electron chi connectivity index (χ3n) is 3.91. The zero-order valence-electron chi connectivity index (χ0n) is 15.0. The number of carbonyl (C=O) groups excluding carboxylic acids is 3. The Balaban J connectivity index is 1.48. The van der Waals surface area contributed by atoms with E-state index in [0.717, 1.165) is 11.3 Å². The van der Waals surface area contributed by atoms with Gasteiger partial charge in [0.1, 0.15) is 11.7 Å². The lowest BCUT2D eigenvalue weighted by atomic mass is 10.1. The number of carbonyl (C=O) groups is 3. The second kappa shape index (κ2) is 9.05. The number of dihydropyridines is 1. The predicted octanol–water partition coefficient (Wildman–Crippen LogP) is 1.73. The molecule has 1 atom stereocenters. The topological polar surface area (TPSA) is 110 Å². The van der Waals surface area contributed by atoms with Crippen molar-refractivity contribution in [1.82, 2.24) is 10.3 Å². The fourth-order valence-corrected chi connectivity index (χ4v) is 3.15. The molecule has 0 bridgehead atoms. The van der Waals surface area contributed by atoms with Crippen molar-refractivity contribution in [2.24, 2.45) is 10.9 Å². The number of benzene rings is 1. The second-order valence-electron chi connectivity index (χ2n) is 5.91. The number of methoxy groups -OCH3 is 1. The molecule has 1 unspecified atom stereocenters. The van der Waals surface area contributed by atoms with Gasteiger partial charge in [0, 0.05) is 18.1 Å². The van der Waals surface area contributed by atoms with Gasteiger partial charge in [0.15, 0.2) is 5.13 Å². The molecular weight excluding hydrogens is 380 g/mol. The van der Waals surface area contributed by atoms with Gasteiger partial charge in [-0.1, -0.05) is 18.2 Å². The van der Waals surface area contributed by atoms with E-state index >= 15 is 0 Å². The first kappa shape index (κ1) is 19.4. The summed E-state index contributed by atoms with van der Waals surface area (Å²) >= 11 is 1.19. The average Bonchev–Trinajstić information content (AvgIpc) is 3.13. The molecule has 144 valence electrons. The maximum absolute atomic E-state index is 12.1. The number of aromatic nitrogens is 1. The fraction of sp³-hybridized carbons (Fsp3) is 0.211. The number of rotatable bonds is 7. The molecule has 1 aromatic heterocycles. The van der Waals surface area contributed by atoms with Crippen molar-refractivity contribution < 1.29 is 19.1 Å². The van der Waals surface area contributed by atoms with Crippen LogP contribution in [0, 0.1) is 5.92 Å². The Morgan fingerprint density at radius 1 is 1.25 bits per heavy atom. The molecule has 2 N–H and O–H groups in total. The summed E-state index contributed by atoms with van der Waals surface area (Å²) in [5.74, 6) is -1.40. The molecule has 0 saturated heterocycles. The van der Waals surface area contributed by atoms with Crippen molar-refractivity contribution in [2.75, 3.05) is 12.4 Å². The summed E-state index contributed by atoms with van der Waals surface area (Å²) in [5.41, 5.74) is 1.49. The highest BCUT2D eigenvalue weighted by molar-refractivity contribution is 7.14. The van der Waals surface area contributed by atoms with Crippen molar-refractivity contribution in [3.63, 3.8) is 0 Å². The molecule has 28 heavy (non-hydrogen) atoms. The fourth-order valence-electron chi connectivity index (χ4n) is 2.44. The maximum Gasteiger partial charge on any atom is 0.262 e. The van der Waals surface area contributed by atoms with Gasteiger partial charge in [-0.25, -0.2) is 9.98 Å². The monoisotopic (exact) mass is 398 g/mol. The van der Waals surface area contributed by atoms with Gasteiger partial charge in [-0.15, -0.1) is 11.3 Å². The van der Waals surface area contributed by atoms with E-state index < -0.39 is 17.7 Å². The molecule has 0 aliphatic carbocycles. The minimum atomic E-state index is -0.954. The average molecular weight is 398 g/mol. The molecule has 8 nitrogen and oxygen atoms in total. The Hall–Kier alpha value is -3.33. The Morgan fingerprint density at radius 3 is 2.75 bits per heavy atom. The van der Waals surface area contributed by atoms with E-state index in [1.54, 1.807) is 18.6 Å². The van der Waals surface area contributed by atoms with Crippen LogP contribution in [0.25, 0.3) is 0 Å². The van der Waals surface area contributed by atoms with Gasteiger partial charge < -0.3 is 15.4 Å². The van der Waals surface area contributed by atoms with Crippen molar-refractivity contribution in [2.45, 2.75) is 13.0 Å². The van der Waals surface area contributed by atoms with Gasteiger partial charge >= 0.3 is 0 Å². The quantitative estimate of drug-likeness (QED) is 0.691. The summed E-state index contributed by atoms with van der Waals surface area (Å²) in [5, 5.41) is 7.43. The first-order valence-corrected chi connectivity index (χ1v) is 9.32. The number of hydrogen-bond acceptors (Lipinski definition) is 6. The number of thiazole rings is 1. The van der Waals surface area contributed by atoms with Gasteiger partial charge in [0.2, 0.25) is 11.8 Å². The predicted molar refractivity (Wildman–Crippen MR) is 105 cm³/mol. The number of anilines is 1. The van der Waals surface area contributed by atoms with Gasteiger partial charge in [0.25, 0.3) is 5.91 Å². The smallest absolute Gasteiger partial charge is 0.262 e. The molecule has 0 saturated carbocycles. The van der Waals surface area contributed by atoms with Crippen molar-refractivity contribution in [3.05, 3.63) is 53.1 Å². The molecule has 9 heteroatoms. The van der Waals surface area contributed by atoms with Gasteiger partial charge in [-0.05, 0) is 23.8 Å². The van der Waals surface area contributed by atoms with Crippen LogP contribution >= 0.6 is 11.3 Å². The number of aliphatic imine (C=N–C) groups is 1. The van der Waals surface area contributed by atoms with Crippen LogP contribution in [0.5, 0.6) is 5.75 Å². The van der Waals surface area contributed by atoms with Crippen molar-refractivity contribution in [1.29, 1.82) is 0 Å². The summed E-state index contributed by atoms with van der Waals surface area (Å²) in [6.07, 6.45) is 4.46. The lowest BCUT2D eigenvalue weighted by Gasteiger charge is -2.09. The molecule has 1 aliphatic heterocycles. The first-order chi connectivity index (χ1) is 13.5. The van der Waals surface area contributed by atoms with Gasteiger partial charge in [-0.2, -0.15) is 0 Å². The zero-order valence-corrected chi connectivity index (χ0v) is 15.9. The third kappa shape index (κ3) is 5.10. The largest absolute Gasteiger partial charge is 0.497 e. The molecule has 0 spiro atoms. The maximum atomic E-state index is 12.1. The standard InChI is InChI=1S/C19H18N4O4S/c1-27-14-6-4-12(5-7-14)10-21-16(24)9-13-11-28-19(22-13)23-18(26)15-3-2-8-20-17(15)25/h2-8,11,15H,9-10H2,1H3,(H,21,24)(H,22,23,26). The molecule has 0 radical (unpaired) electrons. The molecule has 1 aromatic carbocycles. The number of amides is 3.